The number of urea groups is 1. The van der Waals surface area contributed by atoms with Crippen molar-refractivity contribution in [2.24, 2.45) is 0 Å². The Morgan fingerprint density at radius 3 is 2.30 bits per heavy atom. The molecule has 4 N–H and O–H groups in total. The summed E-state index contributed by atoms with van der Waals surface area (Å²) in [6, 6.07) is -1.84. The van der Waals surface area contributed by atoms with Crippen molar-refractivity contribution < 1.29 is 24.6 Å². The van der Waals surface area contributed by atoms with E-state index in [1.54, 1.807) is 11.8 Å². The van der Waals surface area contributed by atoms with Gasteiger partial charge in [0.1, 0.15) is 6.04 Å². The standard InChI is InChI=1S/C12H22N2O5S/c1-3-20-7-6-8(2)13-12(19)14-9(11(17)18)4-5-10(15)16/h8-9H,3-7H2,1-2H3,(H,15,16)(H,17,18)(H2,13,14,19). The van der Waals surface area contributed by atoms with Gasteiger partial charge in [0.25, 0.3) is 0 Å². The summed E-state index contributed by atoms with van der Waals surface area (Å²) in [5.41, 5.74) is 0. The fourth-order valence-corrected chi connectivity index (χ4v) is 2.23. The number of aliphatic carboxylic acids is 2. The van der Waals surface area contributed by atoms with Crippen LogP contribution in [-0.2, 0) is 9.59 Å². The summed E-state index contributed by atoms with van der Waals surface area (Å²) in [6.07, 6.45) is 0.344. The van der Waals surface area contributed by atoms with Crippen LogP contribution in [0.4, 0.5) is 4.79 Å². The fourth-order valence-electron chi connectivity index (χ4n) is 1.43. The molecule has 116 valence electrons. The second-order valence-electron chi connectivity index (χ2n) is 4.33. The van der Waals surface area contributed by atoms with Crippen LogP contribution in [-0.4, -0.2) is 51.8 Å². The van der Waals surface area contributed by atoms with E-state index in [0.29, 0.717) is 0 Å². The Balaban J connectivity index is 4.11. The van der Waals surface area contributed by atoms with Crippen LogP contribution >= 0.6 is 11.8 Å². The summed E-state index contributed by atoms with van der Waals surface area (Å²) < 4.78 is 0. The van der Waals surface area contributed by atoms with Crippen molar-refractivity contribution in [1.29, 1.82) is 0 Å². The van der Waals surface area contributed by atoms with Gasteiger partial charge in [-0.05, 0) is 31.3 Å². The maximum Gasteiger partial charge on any atom is 0.326 e. The van der Waals surface area contributed by atoms with Gasteiger partial charge in [0.2, 0.25) is 0 Å². The molecule has 8 heteroatoms. The molecular weight excluding hydrogens is 284 g/mol. The molecule has 2 amide bonds. The van der Waals surface area contributed by atoms with Crippen molar-refractivity contribution >= 4 is 29.7 Å². The van der Waals surface area contributed by atoms with Gasteiger partial charge in [-0.15, -0.1) is 0 Å². The summed E-state index contributed by atoms with van der Waals surface area (Å²) in [6.45, 7) is 3.89. The molecule has 0 aliphatic rings. The molecule has 0 aliphatic heterocycles. The number of hydrogen-bond donors (Lipinski definition) is 4. The molecule has 0 spiro atoms. The van der Waals surface area contributed by atoms with Gasteiger partial charge in [0.15, 0.2) is 0 Å². The van der Waals surface area contributed by atoms with Crippen LogP contribution in [0.2, 0.25) is 0 Å². The molecule has 7 nitrogen and oxygen atoms in total. The molecule has 20 heavy (non-hydrogen) atoms. The number of amides is 2. The van der Waals surface area contributed by atoms with E-state index in [-0.39, 0.29) is 18.9 Å². The van der Waals surface area contributed by atoms with Crippen molar-refractivity contribution in [2.45, 2.75) is 45.2 Å². The lowest BCUT2D eigenvalue weighted by molar-refractivity contribution is -0.140. The zero-order chi connectivity index (χ0) is 15.5. The van der Waals surface area contributed by atoms with Crippen molar-refractivity contribution in [3.63, 3.8) is 0 Å². The van der Waals surface area contributed by atoms with E-state index in [0.717, 1.165) is 17.9 Å². The highest BCUT2D eigenvalue weighted by Gasteiger charge is 2.21. The average Bonchev–Trinajstić information content (AvgIpc) is 2.34. The van der Waals surface area contributed by atoms with Crippen molar-refractivity contribution in [1.82, 2.24) is 10.6 Å². The largest absolute Gasteiger partial charge is 0.481 e. The Morgan fingerprint density at radius 2 is 1.80 bits per heavy atom. The van der Waals surface area contributed by atoms with Crippen LogP contribution in [0.15, 0.2) is 0 Å². The predicted molar refractivity (Wildman–Crippen MR) is 77.0 cm³/mol. The van der Waals surface area contributed by atoms with Crippen molar-refractivity contribution in [2.75, 3.05) is 11.5 Å². The molecule has 0 aliphatic carbocycles. The smallest absolute Gasteiger partial charge is 0.326 e. The maximum atomic E-state index is 11.6. The molecule has 0 bridgehead atoms. The number of rotatable bonds is 10. The third-order valence-electron chi connectivity index (χ3n) is 2.53. The topological polar surface area (TPSA) is 116 Å². The summed E-state index contributed by atoms with van der Waals surface area (Å²) >= 11 is 1.76. The average molecular weight is 306 g/mol. The maximum absolute atomic E-state index is 11.6. The highest BCUT2D eigenvalue weighted by molar-refractivity contribution is 7.99. The Labute approximate surface area is 122 Å². The fraction of sp³-hybridized carbons (Fsp3) is 0.750. The molecule has 2 atom stereocenters. The minimum absolute atomic E-state index is 0.0667. The first-order valence-electron chi connectivity index (χ1n) is 6.46. The number of thioether (sulfide) groups is 1. The summed E-state index contributed by atoms with van der Waals surface area (Å²) in [5, 5.41) is 22.3. The second kappa shape index (κ2) is 10.4. The SMILES string of the molecule is CCSCCC(C)NC(=O)NC(CCC(=O)O)C(=O)O. The van der Waals surface area contributed by atoms with E-state index in [4.69, 9.17) is 10.2 Å². The van der Waals surface area contributed by atoms with E-state index in [1.807, 2.05) is 6.92 Å². The highest BCUT2D eigenvalue weighted by atomic mass is 32.2. The quantitative estimate of drug-likeness (QED) is 0.450. The molecule has 2 unspecified atom stereocenters. The van der Waals surface area contributed by atoms with Crippen molar-refractivity contribution in [3.05, 3.63) is 0 Å². The monoisotopic (exact) mass is 306 g/mol. The third-order valence-corrected chi connectivity index (χ3v) is 3.46. The Bertz CT molecular complexity index is 338. The van der Waals surface area contributed by atoms with Gasteiger partial charge >= 0.3 is 18.0 Å². The number of carboxylic acid groups (broad SMARTS) is 2. The van der Waals surface area contributed by atoms with E-state index in [2.05, 4.69) is 17.6 Å². The first-order chi connectivity index (χ1) is 9.36. The Hall–Kier alpha value is -1.44. The van der Waals surface area contributed by atoms with Crippen LogP contribution in [0, 0.1) is 0 Å². The minimum Gasteiger partial charge on any atom is -0.481 e. The summed E-state index contributed by atoms with van der Waals surface area (Å²) in [4.78, 5) is 32.9. The predicted octanol–water partition coefficient (Wildman–Crippen LogP) is 1.14. The van der Waals surface area contributed by atoms with E-state index in [9.17, 15) is 14.4 Å². The molecular formula is C12H22N2O5S. The van der Waals surface area contributed by atoms with Gasteiger partial charge in [-0.25, -0.2) is 9.59 Å². The lowest BCUT2D eigenvalue weighted by Gasteiger charge is -2.17. The Morgan fingerprint density at radius 1 is 1.15 bits per heavy atom. The third kappa shape index (κ3) is 9.48. The van der Waals surface area contributed by atoms with Crippen LogP contribution in [0.25, 0.3) is 0 Å². The van der Waals surface area contributed by atoms with Gasteiger partial charge in [-0.2, -0.15) is 11.8 Å². The molecule has 0 saturated carbocycles. The van der Waals surface area contributed by atoms with Gasteiger partial charge < -0.3 is 20.8 Å². The first-order valence-corrected chi connectivity index (χ1v) is 7.61. The Kier molecular flexibility index (Phi) is 9.61. The van der Waals surface area contributed by atoms with E-state index < -0.39 is 24.0 Å². The normalized spacial score (nSPS) is 13.3. The molecule has 0 heterocycles. The molecule has 0 rings (SSSR count). The van der Waals surface area contributed by atoms with Gasteiger partial charge in [-0.3, -0.25) is 4.79 Å². The van der Waals surface area contributed by atoms with Crippen LogP contribution in [0.3, 0.4) is 0 Å². The van der Waals surface area contributed by atoms with Gasteiger partial charge in [0, 0.05) is 12.5 Å². The van der Waals surface area contributed by atoms with Gasteiger partial charge in [-0.1, -0.05) is 6.92 Å². The number of carbonyl (C=O) groups is 3. The first kappa shape index (κ1) is 18.6. The molecule has 0 aromatic rings. The lowest BCUT2D eigenvalue weighted by atomic mass is 10.1. The minimum atomic E-state index is -1.24. The van der Waals surface area contributed by atoms with E-state index >= 15 is 0 Å². The molecule has 0 fully saturated rings. The molecule has 0 aromatic heterocycles. The number of hydrogen-bond acceptors (Lipinski definition) is 4. The van der Waals surface area contributed by atoms with Crippen molar-refractivity contribution in [3.8, 4) is 0 Å². The molecule has 0 radical (unpaired) electrons. The van der Waals surface area contributed by atoms with Crippen LogP contribution in [0.1, 0.15) is 33.1 Å². The van der Waals surface area contributed by atoms with Gasteiger partial charge in [0.05, 0.1) is 0 Å². The molecule has 0 saturated heterocycles. The highest BCUT2D eigenvalue weighted by Crippen LogP contribution is 2.04. The van der Waals surface area contributed by atoms with Crippen LogP contribution < -0.4 is 10.6 Å². The summed E-state index contributed by atoms with van der Waals surface area (Å²) in [5.74, 6) is -0.409. The van der Waals surface area contributed by atoms with E-state index in [1.165, 1.54) is 0 Å². The second-order valence-corrected chi connectivity index (χ2v) is 5.72. The molecule has 0 aromatic carbocycles. The zero-order valence-electron chi connectivity index (χ0n) is 11.7. The number of carbonyl (C=O) groups excluding carboxylic acids is 1. The zero-order valence-corrected chi connectivity index (χ0v) is 12.5. The number of nitrogens with one attached hydrogen (secondary N) is 2. The van der Waals surface area contributed by atoms with Crippen LogP contribution in [0.5, 0.6) is 0 Å². The lowest BCUT2D eigenvalue weighted by Crippen LogP contribution is -2.48. The number of carboxylic acids is 2. The summed E-state index contributed by atoms with van der Waals surface area (Å²) in [7, 11) is 0.